The minimum atomic E-state index is -4.15. The third kappa shape index (κ3) is 5.02. The fourth-order valence-corrected chi connectivity index (χ4v) is 3.59. The van der Waals surface area contributed by atoms with E-state index in [0.717, 1.165) is 18.2 Å². The van der Waals surface area contributed by atoms with Crippen molar-refractivity contribution in [2.24, 2.45) is 0 Å². The minimum Gasteiger partial charge on any atom is -0.495 e. The minimum absolute atomic E-state index is 0.00519. The van der Waals surface area contributed by atoms with Gasteiger partial charge >= 0.3 is 5.91 Å². The number of ether oxygens (including phenoxy) is 1. The zero-order valence-corrected chi connectivity index (χ0v) is 17.2. The highest BCUT2D eigenvalue weighted by atomic mass is 32.2. The number of methoxy groups -OCH3 is 1. The summed E-state index contributed by atoms with van der Waals surface area (Å²) in [7, 11) is -2.86. The third-order valence-electron chi connectivity index (χ3n) is 4.10. The fraction of sp³-hybridized carbons (Fsp3) is 0.0526. The number of carbonyl (C=O) groups excluding carboxylic acids is 2. The Balaban J connectivity index is 1.72. The molecule has 3 rings (SSSR count). The van der Waals surface area contributed by atoms with Crippen molar-refractivity contribution in [3.05, 3.63) is 82.3 Å². The lowest BCUT2D eigenvalue weighted by atomic mass is 10.2. The largest absolute Gasteiger partial charge is 0.495 e. The van der Waals surface area contributed by atoms with Crippen molar-refractivity contribution >= 4 is 33.2 Å². The molecule has 166 valence electrons. The number of hydrazine groups is 1. The summed E-state index contributed by atoms with van der Waals surface area (Å²) in [6, 6.07) is 11.2. The molecule has 0 unspecified atom stereocenters. The summed E-state index contributed by atoms with van der Waals surface area (Å²) < 4.78 is 37.5. The Labute approximate surface area is 181 Å². The lowest BCUT2D eigenvalue weighted by Gasteiger charge is -2.12. The SMILES string of the molecule is COc1ccc([N+](=O)[O-])cc1NS(=O)(=O)c1ccc(C(=O)NNC(=O)c2ccco2)cc1. The van der Waals surface area contributed by atoms with Crippen molar-refractivity contribution in [1.29, 1.82) is 0 Å². The molecule has 0 bridgehead atoms. The first-order valence-corrected chi connectivity index (χ1v) is 10.3. The molecule has 0 aliphatic carbocycles. The number of carbonyl (C=O) groups is 2. The number of nitro groups is 1. The zero-order valence-electron chi connectivity index (χ0n) is 16.4. The second-order valence-electron chi connectivity index (χ2n) is 6.16. The van der Waals surface area contributed by atoms with E-state index in [0.29, 0.717) is 0 Å². The second kappa shape index (κ2) is 9.18. The molecule has 1 aromatic heterocycles. The Kier molecular flexibility index (Phi) is 6.39. The summed E-state index contributed by atoms with van der Waals surface area (Å²) >= 11 is 0. The summed E-state index contributed by atoms with van der Waals surface area (Å²) in [4.78, 5) is 34.0. The number of nitrogens with one attached hydrogen (secondary N) is 3. The van der Waals surface area contributed by atoms with Crippen LogP contribution in [0.15, 0.2) is 70.2 Å². The van der Waals surface area contributed by atoms with Crippen LogP contribution < -0.4 is 20.3 Å². The first kappa shape index (κ1) is 22.3. The van der Waals surface area contributed by atoms with Crippen molar-refractivity contribution in [3.8, 4) is 5.75 Å². The molecule has 1 heterocycles. The van der Waals surface area contributed by atoms with Crippen LogP contribution in [0.1, 0.15) is 20.9 Å². The van der Waals surface area contributed by atoms with Crippen LogP contribution in [-0.2, 0) is 10.0 Å². The van der Waals surface area contributed by atoms with E-state index in [9.17, 15) is 28.1 Å². The van der Waals surface area contributed by atoms with Crippen molar-refractivity contribution in [2.45, 2.75) is 4.90 Å². The van der Waals surface area contributed by atoms with Gasteiger partial charge < -0.3 is 9.15 Å². The molecule has 0 aliphatic rings. The van der Waals surface area contributed by atoms with E-state index < -0.39 is 26.8 Å². The highest BCUT2D eigenvalue weighted by Gasteiger charge is 2.20. The average molecular weight is 460 g/mol. The lowest BCUT2D eigenvalue weighted by Crippen LogP contribution is -2.41. The van der Waals surface area contributed by atoms with E-state index in [1.54, 1.807) is 0 Å². The molecule has 2 amide bonds. The maximum absolute atomic E-state index is 12.7. The molecule has 12 nitrogen and oxygen atoms in total. The zero-order chi connectivity index (χ0) is 23.3. The van der Waals surface area contributed by atoms with Crippen molar-refractivity contribution in [3.63, 3.8) is 0 Å². The summed E-state index contributed by atoms with van der Waals surface area (Å²) in [5.74, 6) is -1.28. The summed E-state index contributed by atoms with van der Waals surface area (Å²) in [5.41, 5.74) is 3.95. The van der Waals surface area contributed by atoms with Crippen LogP contribution in [0.4, 0.5) is 11.4 Å². The normalized spacial score (nSPS) is 10.8. The van der Waals surface area contributed by atoms with Gasteiger partial charge in [0.25, 0.3) is 21.6 Å². The van der Waals surface area contributed by atoms with Gasteiger partial charge in [-0.05, 0) is 42.5 Å². The van der Waals surface area contributed by atoms with Crippen molar-refractivity contribution in [1.82, 2.24) is 10.9 Å². The molecular weight excluding hydrogens is 444 g/mol. The Bertz CT molecular complexity index is 1250. The Hall–Kier alpha value is -4.39. The van der Waals surface area contributed by atoms with Gasteiger partial charge in [-0.25, -0.2) is 8.42 Å². The van der Waals surface area contributed by atoms with Crippen molar-refractivity contribution in [2.75, 3.05) is 11.8 Å². The van der Waals surface area contributed by atoms with Gasteiger partial charge in [-0.3, -0.25) is 35.3 Å². The number of nitro benzene ring substituents is 1. The van der Waals surface area contributed by atoms with Crippen LogP contribution in [0.5, 0.6) is 5.75 Å². The summed E-state index contributed by atoms with van der Waals surface area (Å²) in [6.07, 6.45) is 1.30. The molecule has 13 heteroatoms. The number of amides is 2. The van der Waals surface area contributed by atoms with Crippen LogP contribution in [0.3, 0.4) is 0 Å². The first-order valence-electron chi connectivity index (χ1n) is 8.81. The molecule has 32 heavy (non-hydrogen) atoms. The number of benzene rings is 2. The van der Waals surface area contributed by atoms with Gasteiger partial charge in [-0.1, -0.05) is 0 Å². The van der Waals surface area contributed by atoms with E-state index in [-0.39, 0.29) is 33.3 Å². The number of furan rings is 1. The van der Waals surface area contributed by atoms with Gasteiger partial charge in [-0.15, -0.1) is 0 Å². The molecule has 3 aromatic rings. The number of non-ortho nitro benzene ring substituents is 1. The molecule has 2 aromatic carbocycles. The Morgan fingerprint density at radius 3 is 2.31 bits per heavy atom. The number of nitrogens with zero attached hydrogens (tertiary/aromatic N) is 1. The molecule has 0 spiro atoms. The van der Waals surface area contributed by atoms with Crippen LogP contribution in [0, 0.1) is 10.1 Å². The predicted octanol–water partition coefficient (Wildman–Crippen LogP) is 2.07. The van der Waals surface area contributed by atoms with Gasteiger partial charge in [-0.2, -0.15) is 0 Å². The maximum Gasteiger partial charge on any atom is 0.305 e. The van der Waals surface area contributed by atoms with E-state index in [2.05, 4.69) is 15.6 Å². The van der Waals surface area contributed by atoms with Crippen LogP contribution in [0.25, 0.3) is 0 Å². The molecule has 0 aliphatic heterocycles. The van der Waals surface area contributed by atoms with Crippen LogP contribution in [0.2, 0.25) is 0 Å². The monoisotopic (exact) mass is 460 g/mol. The Morgan fingerprint density at radius 1 is 1.03 bits per heavy atom. The molecule has 3 N–H and O–H groups in total. The van der Waals surface area contributed by atoms with Gasteiger partial charge in [0.1, 0.15) is 5.75 Å². The standard InChI is InChI=1S/C19H16N4O8S/c1-30-16-9-6-13(23(26)27)11-15(16)22-32(28,29)14-7-4-12(5-8-14)18(24)20-21-19(25)17-3-2-10-31-17/h2-11,22H,1H3,(H,20,24)(H,21,25). The van der Waals surface area contributed by atoms with Crippen LogP contribution in [-0.4, -0.2) is 32.3 Å². The molecule has 0 saturated carbocycles. The topological polar surface area (TPSA) is 170 Å². The average Bonchev–Trinajstić information content (AvgIpc) is 3.32. The number of hydrogen-bond donors (Lipinski definition) is 3. The number of rotatable bonds is 7. The van der Waals surface area contributed by atoms with Crippen molar-refractivity contribution < 1.29 is 32.1 Å². The van der Waals surface area contributed by atoms with Crippen LogP contribution >= 0.6 is 0 Å². The van der Waals surface area contributed by atoms with E-state index in [1.165, 1.54) is 49.8 Å². The highest BCUT2D eigenvalue weighted by molar-refractivity contribution is 7.92. The van der Waals surface area contributed by atoms with Gasteiger partial charge in [0.2, 0.25) is 0 Å². The molecule has 0 radical (unpaired) electrons. The smallest absolute Gasteiger partial charge is 0.305 e. The van der Waals surface area contributed by atoms with Gasteiger partial charge in [0.05, 0.1) is 28.9 Å². The summed E-state index contributed by atoms with van der Waals surface area (Å²) in [6.45, 7) is 0. The summed E-state index contributed by atoms with van der Waals surface area (Å²) in [5, 5.41) is 11.0. The maximum atomic E-state index is 12.7. The molecule has 0 saturated heterocycles. The quantitative estimate of drug-likeness (QED) is 0.355. The molecular formula is C19H16N4O8S. The molecule has 0 fully saturated rings. The van der Waals surface area contributed by atoms with Gasteiger partial charge in [0, 0.05) is 17.7 Å². The highest BCUT2D eigenvalue weighted by Crippen LogP contribution is 2.30. The first-order chi connectivity index (χ1) is 15.2. The van der Waals surface area contributed by atoms with E-state index in [4.69, 9.17) is 9.15 Å². The van der Waals surface area contributed by atoms with E-state index >= 15 is 0 Å². The Morgan fingerprint density at radius 2 is 1.72 bits per heavy atom. The second-order valence-corrected chi connectivity index (χ2v) is 7.84. The number of sulfonamides is 1. The fourth-order valence-electron chi connectivity index (χ4n) is 2.53. The van der Waals surface area contributed by atoms with E-state index in [1.807, 2.05) is 0 Å². The number of anilines is 1. The predicted molar refractivity (Wildman–Crippen MR) is 111 cm³/mol. The van der Waals surface area contributed by atoms with Gasteiger partial charge in [0.15, 0.2) is 5.76 Å². The third-order valence-corrected chi connectivity index (χ3v) is 5.48. The number of hydrogen-bond acceptors (Lipinski definition) is 8. The lowest BCUT2D eigenvalue weighted by molar-refractivity contribution is -0.384. The molecule has 0 atom stereocenters.